The number of hydrogen-bond acceptors (Lipinski definition) is 4. The Hall–Kier alpha value is -1.91. The van der Waals surface area contributed by atoms with Crippen molar-refractivity contribution in [2.45, 2.75) is 18.9 Å². The maximum Gasteiger partial charge on any atom is 0.328 e. The zero-order valence-corrected chi connectivity index (χ0v) is 8.78. The van der Waals surface area contributed by atoms with Gasteiger partial charge >= 0.3 is 5.97 Å². The zero-order valence-electron chi connectivity index (χ0n) is 8.78. The summed E-state index contributed by atoms with van der Waals surface area (Å²) in [6.45, 7) is 0.707. The number of carboxylic acids is 1. The summed E-state index contributed by atoms with van der Waals surface area (Å²) in [7, 11) is 0. The number of hydrazone groups is 1. The van der Waals surface area contributed by atoms with Gasteiger partial charge in [-0.3, -0.25) is 9.99 Å². The van der Waals surface area contributed by atoms with Gasteiger partial charge in [0.2, 0.25) is 0 Å². The minimum absolute atomic E-state index is 0.474. The number of rotatable bonds is 3. The summed E-state index contributed by atoms with van der Waals surface area (Å²) in [5.74, 6) is -0.802. The van der Waals surface area contributed by atoms with E-state index >= 15 is 0 Å². The second kappa shape index (κ2) is 4.74. The highest BCUT2D eigenvalue weighted by Gasteiger charge is 2.29. The molecule has 1 aliphatic heterocycles. The van der Waals surface area contributed by atoms with Crippen LogP contribution in [0.3, 0.4) is 0 Å². The van der Waals surface area contributed by atoms with Crippen molar-refractivity contribution in [1.29, 1.82) is 0 Å². The molecule has 16 heavy (non-hydrogen) atoms. The van der Waals surface area contributed by atoms with Crippen molar-refractivity contribution in [3.63, 3.8) is 0 Å². The molecule has 1 aromatic heterocycles. The first kappa shape index (κ1) is 10.6. The first-order chi connectivity index (χ1) is 7.77. The minimum atomic E-state index is -0.802. The van der Waals surface area contributed by atoms with Crippen LogP contribution in [0.25, 0.3) is 0 Å². The number of aliphatic carboxylic acids is 1. The van der Waals surface area contributed by atoms with Gasteiger partial charge in [0.15, 0.2) is 0 Å². The Kier molecular flexibility index (Phi) is 3.14. The fraction of sp³-hybridized carbons (Fsp3) is 0.364. The number of carbonyl (C=O) groups is 1. The summed E-state index contributed by atoms with van der Waals surface area (Å²) in [4.78, 5) is 14.8. The van der Waals surface area contributed by atoms with Crippen LogP contribution in [-0.2, 0) is 4.79 Å². The van der Waals surface area contributed by atoms with Crippen LogP contribution < -0.4 is 0 Å². The lowest BCUT2D eigenvalue weighted by Gasteiger charge is -2.16. The molecule has 0 spiro atoms. The van der Waals surface area contributed by atoms with E-state index in [4.69, 9.17) is 5.11 Å². The van der Waals surface area contributed by atoms with Gasteiger partial charge in [-0.05, 0) is 30.5 Å². The third-order valence-electron chi connectivity index (χ3n) is 2.57. The van der Waals surface area contributed by atoms with Gasteiger partial charge in [-0.1, -0.05) is 0 Å². The third-order valence-corrected chi connectivity index (χ3v) is 2.57. The lowest BCUT2D eigenvalue weighted by Crippen LogP contribution is -2.31. The van der Waals surface area contributed by atoms with Crippen molar-refractivity contribution in [3.05, 3.63) is 30.1 Å². The topological polar surface area (TPSA) is 65.8 Å². The van der Waals surface area contributed by atoms with E-state index in [2.05, 4.69) is 10.1 Å². The van der Waals surface area contributed by atoms with Crippen LogP contribution in [0.15, 0.2) is 29.6 Å². The quantitative estimate of drug-likeness (QED) is 0.769. The summed E-state index contributed by atoms with van der Waals surface area (Å²) >= 11 is 0. The summed E-state index contributed by atoms with van der Waals surface area (Å²) in [6, 6.07) is 3.18. The Morgan fingerprint density at radius 3 is 3.00 bits per heavy atom. The molecule has 1 aromatic rings. The van der Waals surface area contributed by atoms with Gasteiger partial charge in [0.25, 0.3) is 0 Å². The van der Waals surface area contributed by atoms with E-state index in [1.54, 1.807) is 23.6 Å². The molecule has 84 valence electrons. The molecule has 5 nitrogen and oxygen atoms in total. The van der Waals surface area contributed by atoms with E-state index in [1.807, 2.05) is 12.1 Å². The molecule has 0 bridgehead atoms. The first-order valence-corrected chi connectivity index (χ1v) is 5.21. The molecule has 0 saturated carbocycles. The Balaban J connectivity index is 2.04. The van der Waals surface area contributed by atoms with Crippen molar-refractivity contribution < 1.29 is 9.90 Å². The van der Waals surface area contributed by atoms with E-state index in [9.17, 15) is 4.79 Å². The molecular weight excluding hydrogens is 206 g/mol. The molecule has 0 amide bonds. The van der Waals surface area contributed by atoms with Crippen LogP contribution in [0.4, 0.5) is 0 Å². The van der Waals surface area contributed by atoms with E-state index in [1.165, 1.54) is 0 Å². The summed E-state index contributed by atoms with van der Waals surface area (Å²) in [6.07, 6.45) is 6.58. The smallest absolute Gasteiger partial charge is 0.328 e. The Labute approximate surface area is 93.4 Å². The van der Waals surface area contributed by atoms with E-state index < -0.39 is 12.0 Å². The Bertz CT molecular complexity index is 391. The van der Waals surface area contributed by atoms with Crippen molar-refractivity contribution >= 4 is 12.2 Å². The first-order valence-electron chi connectivity index (χ1n) is 5.21. The fourth-order valence-corrected chi connectivity index (χ4v) is 1.73. The molecule has 0 aromatic carbocycles. The molecular formula is C11H13N3O2. The predicted octanol–water partition coefficient (Wildman–Crippen LogP) is 0.965. The monoisotopic (exact) mass is 219 g/mol. The van der Waals surface area contributed by atoms with Crippen LogP contribution in [0, 0.1) is 0 Å². The number of aromatic nitrogens is 1. The van der Waals surface area contributed by atoms with Crippen LogP contribution in [0.2, 0.25) is 0 Å². The number of pyridine rings is 1. The van der Waals surface area contributed by atoms with Gasteiger partial charge in [-0.25, -0.2) is 4.79 Å². The molecule has 1 atom stereocenters. The molecule has 0 radical (unpaired) electrons. The maximum atomic E-state index is 10.9. The molecule has 0 aliphatic carbocycles. The summed E-state index contributed by atoms with van der Waals surface area (Å²) in [5, 5.41) is 14.8. The van der Waals surface area contributed by atoms with E-state index in [-0.39, 0.29) is 0 Å². The molecule has 1 unspecified atom stereocenters. The SMILES string of the molecule is O=C(O)C1CCCN1/N=C/c1ccncc1. The Morgan fingerprint density at radius 1 is 1.56 bits per heavy atom. The number of nitrogens with zero attached hydrogens (tertiary/aromatic N) is 3. The summed E-state index contributed by atoms with van der Waals surface area (Å²) in [5.41, 5.74) is 0.922. The van der Waals surface area contributed by atoms with Crippen LogP contribution in [-0.4, -0.2) is 39.9 Å². The van der Waals surface area contributed by atoms with Gasteiger partial charge in [0, 0.05) is 18.9 Å². The average Bonchev–Trinajstić information content (AvgIpc) is 2.76. The Morgan fingerprint density at radius 2 is 2.31 bits per heavy atom. The molecule has 1 N–H and O–H groups in total. The molecule has 1 saturated heterocycles. The van der Waals surface area contributed by atoms with E-state index in [0.717, 1.165) is 12.0 Å². The molecule has 1 aliphatic rings. The van der Waals surface area contributed by atoms with Crippen molar-refractivity contribution in [1.82, 2.24) is 9.99 Å². The van der Waals surface area contributed by atoms with Crippen molar-refractivity contribution in [2.24, 2.45) is 5.10 Å². The van der Waals surface area contributed by atoms with E-state index in [0.29, 0.717) is 13.0 Å². The van der Waals surface area contributed by atoms with Crippen LogP contribution >= 0.6 is 0 Å². The molecule has 1 fully saturated rings. The average molecular weight is 219 g/mol. The summed E-state index contributed by atoms with van der Waals surface area (Å²) < 4.78 is 0. The van der Waals surface area contributed by atoms with Crippen molar-refractivity contribution in [3.8, 4) is 0 Å². The van der Waals surface area contributed by atoms with Crippen LogP contribution in [0.5, 0.6) is 0 Å². The zero-order chi connectivity index (χ0) is 11.4. The van der Waals surface area contributed by atoms with Gasteiger partial charge in [-0.15, -0.1) is 0 Å². The highest BCUT2D eigenvalue weighted by Crippen LogP contribution is 2.17. The number of carboxylic acid groups (broad SMARTS) is 1. The predicted molar refractivity (Wildman–Crippen MR) is 59.2 cm³/mol. The lowest BCUT2D eigenvalue weighted by molar-refractivity contribution is -0.142. The fourth-order valence-electron chi connectivity index (χ4n) is 1.73. The maximum absolute atomic E-state index is 10.9. The van der Waals surface area contributed by atoms with Gasteiger partial charge < -0.3 is 5.11 Å². The molecule has 2 heterocycles. The van der Waals surface area contributed by atoms with Gasteiger partial charge in [0.05, 0.1) is 6.21 Å². The van der Waals surface area contributed by atoms with Crippen molar-refractivity contribution in [2.75, 3.05) is 6.54 Å². The minimum Gasteiger partial charge on any atom is -0.480 e. The normalized spacial score (nSPS) is 20.5. The molecule has 5 heteroatoms. The lowest BCUT2D eigenvalue weighted by atomic mass is 10.2. The number of hydrogen-bond donors (Lipinski definition) is 1. The largest absolute Gasteiger partial charge is 0.480 e. The van der Waals surface area contributed by atoms with Gasteiger partial charge in [-0.2, -0.15) is 5.10 Å². The second-order valence-corrected chi connectivity index (χ2v) is 3.68. The highest BCUT2D eigenvalue weighted by molar-refractivity contribution is 5.79. The highest BCUT2D eigenvalue weighted by atomic mass is 16.4. The third kappa shape index (κ3) is 2.36. The van der Waals surface area contributed by atoms with Crippen LogP contribution in [0.1, 0.15) is 18.4 Å². The molecule has 2 rings (SSSR count). The standard InChI is InChI=1S/C11H13N3O2/c15-11(16)10-2-1-7-14(10)13-8-9-3-5-12-6-4-9/h3-6,8,10H,1-2,7H2,(H,15,16)/b13-8+. The van der Waals surface area contributed by atoms with Gasteiger partial charge in [0.1, 0.15) is 6.04 Å². The second-order valence-electron chi connectivity index (χ2n) is 3.68.